The Hall–Kier alpha value is -5.74. The van der Waals surface area contributed by atoms with E-state index < -0.39 is 0 Å². The largest absolute Gasteiger partial charge is 0.246 e. The van der Waals surface area contributed by atoms with Crippen molar-refractivity contribution in [3.8, 4) is 45.3 Å². The number of rotatable bonds is 4. The third kappa shape index (κ3) is 4.27. The fourth-order valence-corrected chi connectivity index (χ4v) is 5.56. The van der Waals surface area contributed by atoms with E-state index >= 15 is 0 Å². The Labute approximate surface area is 243 Å². The molecule has 0 aliphatic rings. The average Bonchev–Trinajstić information content (AvgIpc) is 3.08. The standard InChI is InChI=1S/C38H24N4/c1-3-11-27(12-4-1)36-40-37(28-13-5-2-6-14-28)42-38(41-36)29-21-18-26(19-22-29)33-17-9-15-30-24-31-23-20-25-10-7-8-16-32(25)35(31)39-34(30)33/h1-24H. The second-order valence-corrected chi connectivity index (χ2v) is 10.3. The van der Waals surface area contributed by atoms with Gasteiger partial charge in [-0.1, -0.05) is 140 Å². The summed E-state index contributed by atoms with van der Waals surface area (Å²) in [5, 5.41) is 4.63. The molecule has 0 amide bonds. The molecule has 42 heavy (non-hydrogen) atoms. The molecule has 0 fully saturated rings. The van der Waals surface area contributed by atoms with Crippen LogP contribution in [-0.4, -0.2) is 19.9 Å². The third-order valence-corrected chi connectivity index (χ3v) is 7.69. The minimum Gasteiger partial charge on any atom is -0.246 e. The Bertz CT molecular complexity index is 2170. The molecule has 0 spiro atoms. The van der Waals surface area contributed by atoms with E-state index in [0.717, 1.165) is 49.6 Å². The highest BCUT2D eigenvalue weighted by molar-refractivity contribution is 6.10. The van der Waals surface area contributed by atoms with Crippen molar-refractivity contribution in [2.24, 2.45) is 0 Å². The summed E-state index contributed by atoms with van der Waals surface area (Å²) in [5.74, 6) is 1.95. The number of hydrogen-bond acceptors (Lipinski definition) is 4. The maximum absolute atomic E-state index is 5.22. The molecule has 0 atom stereocenters. The Morgan fingerprint density at radius 1 is 0.310 bits per heavy atom. The SMILES string of the molecule is c1ccc(-c2nc(-c3ccccc3)nc(-c3ccc(-c4cccc5cc6ccc7ccccc7c6nc45)cc3)n2)cc1. The minimum atomic E-state index is 0.641. The summed E-state index contributed by atoms with van der Waals surface area (Å²) in [4.78, 5) is 19.8. The lowest BCUT2D eigenvalue weighted by Gasteiger charge is -2.11. The predicted octanol–water partition coefficient (Wildman–Crippen LogP) is 9.39. The van der Waals surface area contributed by atoms with E-state index in [9.17, 15) is 0 Å². The van der Waals surface area contributed by atoms with Crippen LogP contribution in [0, 0.1) is 0 Å². The van der Waals surface area contributed by atoms with Gasteiger partial charge in [-0.05, 0) is 17.0 Å². The van der Waals surface area contributed by atoms with Crippen LogP contribution in [0.5, 0.6) is 0 Å². The first kappa shape index (κ1) is 24.1. The van der Waals surface area contributed by atoms with E-state index in [1.54, 1.807) is 0 Å². The summed E-state index contributed by atoms with van der Waals surface area (Å²) >= 11 is 0. The van der Waals surface area contributed by atoms with Gasteiger partial charge in [-0.15, -0.1) is 0 Å². The molecule has 0 radical (unpaired) electrons. The van der Waals surface area contributed by atoms with E-state index in [4.69, 9.17) is 19.9 Å². The number of hydrogen-bond donors (Lipinski definition) is 0. The Balaban J connectivity index is 1.24. The van der Waals surface area contributed by atoms with Crippen molar-refractivity contribution in [2.45, 2.75) is 0 Å². The van der Waals surface area contributed by atoms with E-state index in [1.165, 1.54) is 10.8 Å². The van der Waals surface area contributed by atoms with Crippen LogP contribution in [0.3, 0.4) is 0 Å². The van der Waals surface area contributed by atoms with Crippen LogP contribution < -0.4 is 0 Å². The smallest absolute Gasteiger partial charge is 0.164 e. The van der Waals surface area contributed by atoms with Gasteiger partial charge in [0.15, 0.2) is 17.5 Å². The van der Waals surface area contributed by atoms with Crippen molar-refractivity contribution < 1.29 is 0 Å². The first-order valence-corrected chi connectivity index (χ1v) is 14.0. The van der Waals surface area contributed by atoms with Gasteiger partial charge in [-0.2, -0.15) is 0 Å². The summed E-state index contributed by atoms with van der Waals surface area (Å²) in [6.45, 7) is 0. The van der Waals surface area contributed by atoms with Gasteiger partial charge < -0.3 is 0 Å². The molecule has 8 aromatic rings. The minimum absolute atomic E-state index is 0.641. The summed E-state index contributed by atoms with van der Waals surface area (Å²) in [6, 6.07) is 49.9. The van der Waals surface area contributed by atoms with Crippen LogP contribution in [0.4, 0.5) is 0 Å². The van der Waals surface area contributed by atoms with Crippen LogP contribution in [0.2, 0.25) is 0 Å². The highest BCUT2D eigenvalue weighted by Gasteiger charge is 2.13. The van der Waals surface area contributed by atoms with Gasteiger partial charge in [0.2, 0.25) is 0 Å². The quantitative estimate of drug-likeness (QED) is 0.166. The van der Waals surface area contributed by atoms with Crippen molar-refractivity contribution in [1.29, 1.82) is 0 Å². The Morgan fingerprint density at radius 2 is 0.810 bits per heavy atom. The molecule has 2 aromatic heterocycles. The number of benzene rings is 6. The highest BCUT2D eigenvalue weighted by Crippen LogP contribution is 2.33. The molecule has 0 aliphatic heterocycles. The van der Waals surface area contributed by atoms with Crippen molar-refractivity contribution in [1.82, 2.24) is 19.9 Å². The molecule has 0 N–H and O–H groups in total. The molecule has 8 rings (SSSR count). The van der Waals surface area contributed by atoms with Crippen LogP contribution in [-0.2, 0) is 0 Å². The summed E-state index contributed by atoms with van der Waals surface area (Å²) in [6.07, 6.45) is 0. The maximum atomic E-state index is 5.22. The van der Waals surface area contributed by atoms with Crippen LogP contribution in [0.15, 0.2) is 146 Å². The Kier molecular flexibility index (Phi) is 5.75. The molecule has 0 saturated heterocycles. The van der Waals surface area contributed by atoms with Gasteiger partial charge in [0.1, 0.15) is 0 Å². The summed E-state index contributed by atoms with van der Waals surface area (Å²) in [5.41, 5.74) is 7.05. The lowest BCUT2D eigenvalue weighted by molar-refractivity contribution is 1.07. The molecule has 0 unspecified atom stereocenters. The first-order chi connectivity index (χ1) is 20.8. The van der Waals surface area contributed by atoms with Gasteiger partial charge in [0.25, 0.3) is 0 Å². The molecule has 196 valence electrons. The monoisotopic (exact) mass is 536 g/mol. The molecule has 0 aliphatic carbocycles. The molecule has 0 bridgehead atoms. The number of nitrogens with zero attached hydrogens (tertiary/aromatic N) is 4. The van der Waals surface area contributed by atoms with Gasteiger partial charge in [-0.3, -0.25) is 0 Å². The fraction of sp³-hybridized carbons (Fsp3) is 0. The first-order valence-electron chi connectivity index (χ1n) is 14.0. The summed E-state index contributed by atoms with van der Waals surface area (Å²) < 4.78 is 0. The molecule has 4 nitrogen and oxygen atoms in total. The van der Waals surface area contributed by atoms with Crippen molar-refractivity contribution >= 4 is 32.6 Å². The van der Waals surface area contributed by atoms with Gasteiger partial charge in [0, 0.05) is 38.4 Å². The fourth-order valence-electron chi connectivity index (χ4n) is 5.56. The predicted molar refractivity (Wildman–Crippen MR) is 172 cm³/mol. The third-order valence-electron chi connectivity index (χ3n) is 7.69. The van der Waals surface area contributed by atoms with Gasteiger partial charge in [0.05, 0.1) is 11.0 Å². The van der Waals surface area contributed by atoms with Crippen molar-refractivity contribution in [2.75, 3.05) is 0 Å². The normalized spacial score (nSPS) is 11.3. The van der Waals surface area contributed by atoms with Crippen LogP contribution >= 0.6 is 0 Å². The van der Waals surface area contributed by atoms with Crippen LogP contribution in [0.25, 0.3) is 77.9 Å². The molecular weight excluding hydrogens is 512 g/mol. The van der Waals surface area contributed by atoms with Gasteiger partial charge >= 0.3 is 0 Å². The lowest BCUT2D eigenvalue weighted by Crippen LogP contribution is -2.00. The van der Waals surface area contributed by atoms with E-state index in [1.807, 2.05) is 60.7 Å². The van der Waals surface area contributed by atoms with Crippen LogP contribution in [0.1, 0.15) is 0 Å². The number of aromatic nitrogens is 4. The maximum Gasteiger partial charge on any atom is 0.164 e. The van der Waals surface area contributed by atoms with Crippen molar-refractivity contribution in [3.05, 3.63) is 146 Å². The number of fused-ring (bicyclic) bond motifs is 4. The highest BCUT2D eigenvalue weighted by atomic mass is 15.0. The van der Waals surface area contributed by atoms with Crippen molar-refractivity contribution in [3.63, 3.8) is 0 Å². The number of pyridine rings is 1. The second kappa shape index (κ2) is 10.0. The molecular formula is C38H24N4. The number of para-hydroxylation sites is 1. The zero-order valence-corrected chi connectivity index (χ0v) is 22.6. The zero-order chi connectivity index (χ0) is 27.9. The average molecular weight is 537 g/mol. The summed E-state index contributed by atoms with van der Waals surface area (Å²) in [7, 11) is 0. The zero-order valence-electron chi connectivity index (χ0n) is 22.6. The molecule has 6 aromatic carbocycles. The molecule has 0 saturated carbocycles. The topological polar surface area (TPSA) is 51.6 Å². The van der Waals surface area contributed by atoms with E-state index in [2.05, 4.69) is 84.9 Å². The lowest BCUT2D eigenvalue weighted by atomic mass is 9.98. The molecule has 2 heterocycles. The second-order valence-electron chi connectivity index (χ2n) is 10.3. The van der Waals surface area contributed by atoms with E-state index in [-0.39, 0.29) is 0 Å². The Morgan fingerprint density at radius 3 is 1.48 bits per heavy atom. The van der Waals surface area contributed by atoms with Gasteiger partial charge in [-0.25, -0.2) is 19.9 Å². The molecule has 4 heteroatoms. The van der Waals surface area contributed by atoms with E-state index in [0.29, 0.717) is 17.5 Å².